The fraction of sp³-hybridized carbons (Fsp3) is 0.0769. The zero-order valence-corrected chi connectivity index (χ0v) is 18.8. The minimum Gasteiger partial charge on any atom is -0.494 e. The second-order valence-corrected chi connectivity index (χ2v) is 8.07. The van der Waals surface area contributed by atoms with E-state index in [9.17, 15) is 15.2 Å². The van der Waals surface area contributed by atoms with Crippen molar-refractivity contribution in [1.82, 2.24) is 14.5 Å². The zero-order valence-electron chi connectivity index (χ0n) is 18.8. The number of fused-ring (bicyclic) bond motifs is 1. The van der Waals surface area contributed by atoms with E-state index in [4.69, 9.17) is 10.7 Å². The minimum absolute atomic E-state index is 0.0800. The van der Waals surface area contributed by atoms with E-state index in [1.54, 1.807) is 12.3 Å². The summed E-state index contributed by atoms with van der Waals surface area (Å²) in [6.07, 6.45) is 3.62. The molecule has 9 nitrogen and oxygen atoms in total. The van der Waals surface area contributed by atoms with E-state index < -0.39 is 4.92 Å². The van der Waals surface area contributed by atoms with Crippen molar-refractivity contribution < 1.29 is 10.0 Å². The molecule has 0 saturated heterocycles. The number of aromatic hydroxyl groups is 1. The Bertz CT molecular complexity index is 1580. The topological polar surface area (TPSA) is 135 Å². The summed E-state index contributed by atoms with van der Waals surface area (Å²) in [7, 11) is 1.93. The van der Waals surface area contributed by atoms with Crippen molar-refractivity contribution in [3.63, 3.8) is 0 Å². The molecule has 0 bridgehead atoms. The lowest BCUT2D eigenvalue weighted by Gasteiger charge is -2.12. The number of non-ortho nitro benzene ring substituents is 1. The van der Waals surface area contributed by atoms with E-state index in [2.05, 4.69) is 9.97 Å². The van der Waals surface area contributed by atoms with Crippen LogP contribution in [0, 0.1) is 10.1 Å². The zero-order chi connectivity index (χ0) is 24.5. The number of nitrogens with two attached hydrogens (primary N) is 1. The SMILES string of the molecule is Cn1ccnc1-c1ccc(N=C(c2ccccc2CN)c2c(O)[nH]c3ccc([N+](=O)[O-])cc23)cc1. The van der Waals surface area contributed by atoms with E-state index in [0.717, 1.165) is 22.5 Å². The van der Waals surface area contributed by atoms with Crippen LogP contribution < -0.4 is 5.73 Å². The van der Waals surface area contributed by atoms with Gasteiger partial charge in [-0.1, -0.05) is 24.3 Å². The van der Waals surface area contributed by atoms with Crippen LogP contribution in [0.2, 0.25) is 0 Å². The Morgan fingerprint density at radius 2 is 1.94 bits per heavy atom. The highest BCUT2D eigenvalue weighted by molar-refractivity contribution is 6.22. The largest absolute Gasteiger partial charge is 0.494 e. The number of aryl methyl sites for hydroxylation is 1. The lowest BCUT2D eigenvalue weighted by molar-refractivity contribution is -0.384. The Morgan fingerprint density at radius 3 is 2.63 bits per heavy atom. The fourth-order valence-electron chi connectivity index (χ4n) is 4.16. The normalized spacial score (nSPS) is 11.8. The standard InChI is InChI=1S/C26H22N6O3/c1-31-13-12-28-25(31)16-6-8-18(9-7-16)29-24(20-5-3-2-4-17(20)15-27)23-21-14-19(32(34)35)10-11-22(21)30-26(23)33/h2-14,30,33H,15,27H2,1H3. The van der Waals surface area contributed by atoms with Crippen LogP contribution >= 0.6 is 0 Å². The second-order valence-electron chi connectivity index (χ2n) is 8.07. The first-order valence-corrected chi connectivity index (χ1v) is 10.9. The van der Waals surface area contributed by atoms with E-state index >= 15 is 0 Å². The van der Waals surface area contributed by atoms with E-state index in [1.165, 1.54) is 12.1 Å². The van der Waals surface area contributed by atoms with Crippen LogP contribution in [0.4, 0.5) is 11.4 Å². The monoisotopic (exact) mass is 466 g/mol. The van der Waals surface area contributed by atoms with Gasteiger partial charge in [0.1, 0.15) is 5.82 Å². The molecule has 0 radical (unpaired) electrons. The summed E-state index contributed by atoms with van der Waals surface area (Å²) in [5.74, 6) is 0.700. The van der Waals surface area contributed by atoms with Crippen LogP contribution in [0.3, 0.4) is 0 Å². The van der Waals surface area contributed by atoms with Crippen molar-refractivity contribution in [1.29, 1.82) is 0 Å². The molecule has 2 aromatic heterocycles. The van der Waals surface area contributed by atoms with Gasteiger partial charge in [-0.15, -0.1) is 0 Å². The average Bonchev–Trinajstić information content (AvgIpc) is 3.44. The van der Waals surface area contributed by atoms with E-state index in [0.29, 0.717) is 27.9 Å². The Morgan fingerprint density at radius 1 is 1.17 bits per heavy atom. The van der Waals surface area contributed by atoms with E-state index in [1.807, 2.05) is 66.3 Å². The summed E-state index contributed by atoms with van der Waals surface area (Å²) in [4.78, 5) is 23.1. The first kappa shape index (κ1) is 22.1. The van der Waals surface area contributed by atoms with Crippen molar-refractivity contribution in [3.8, 4) is 17.3 Å². The molecule has 5 rings (SSSR count). The number of aliphatic imine (C=N–C) groups is 1. The number of nitrogens with one attached hydrogen (secondary N) is 1. The first-order valence-electron chi connectivity index (χ1n) is 10.9. The molecule has 0 amide bonds. The third-order valence-electron chi connectivity index (χ3n) is 5.89. The molecule has 9 heteroatoms. The lowest BCUT2D eigenvalue weighted by atomic mass is 9.96. The van der Waals surface area contributed by atoms with Crippen molar-refractivity contribution in [2.24, 2.45) is 17.8 Å². The molecule has 0 aliphatic rings. The Hall–Kier alpha value is -4.76. The number of hydrogen-bond acceptors (Lipinski definition) is 6. The lowest BCUT2D eigenvalue weighted by Crippen LogP contribution is -2.09. The van der Waals surface area contributed by atoms with Gasteiger partial charge in [-0.3, -0.25) is 10.1 Å². The third kappa shape index (κ3) is 4.04. The third-order valence-corrected chi connectivity index (χ3v) is 5.89. The van der Waals surface area contributed by atoms with Gasteiger partial charge >= 0.3 is 0 Å². The van der Waals surface area contributed by atoms with Crippen LogP contribution in [-0.4, -0.2) is 30.3 Å². The number of rotatable bonds is 6. The van der Waals surface area contributed by atoms with Crippen LogP contribution in [0.1, 0.15) is 16.7 Å². The molecule has 174 valence electrons. The highest BCUT2D eigenvalue weighted by atomic mass is 16.6. The Labute approximate surface area is 200 Å². The van der Waals surface area contributed by atoms with Gasteiger partial charge in [-0.05, 0) is 35.9 Å². The second kappa shape index (κ2) is 8.88. The molecule has 0 saturated carbocycles. The summed E-state index contributed by atoms with van der Waals surface area (Å²) in [6.45, 7) is 0.260. The van der Waals surface area contributed by atoms with Gasteiger partial charge in [-0.2, -0.15) is 0 Å². The summed E-state index contributed by atoms with van der Waals surface area (Å²) in [6, 6.07) is 19.5. The highest BCUT2D eigenvalue weighted by Crippen LogP contribution is 2.34. The summed E-state index contributed by atoms with van der Waals surface area (Å²) >= 11 is 0. The fourth-order valence-corrected chi connectivity index (χ4v) is 4.16. The van der Waals surface area contributed by atoms with Crippen LogP contribution in [-0.2, 0) is 13.6 Å². The molecule has 0 aliphatic carbocycles. The Kier molecular flexibility index (Phi) is 5.60. The van der Waals surface area contributed by atoms with Gasteiger partial charge in [0, 0.05) is 60.1 Å². The molecule has 35 heavy (non-hydrogen) atoms. The van der Waals surface area contributed by atoms with Gasteiger partial charge in [0.2, 0.25) is 0 Å². The van der Waals surface area contributed by atoms with E-state index in [-0.39, 0.29) is 18.1 Å². The number of benzene rings is 3. The number of aromatic amines is 1. The number of nitro groups is 1. The number of nitro benzene ring substituents is 1. The highest BCUT2D eigenvalue weighted by Gasteiger charge is 2.22. The molecule has 0 unspecified atom stereocenters. The van der Waals surface area contributed by atoms with Gasteiger partial charge < -0.3 is 20.4 Å². The number of hydrogen-bond donors (Lipinski definition) is 3. The van der Waals surface area contributed by atoms with Crippen molar-refractivity contribution in [3.05, 3.63) is 106 Å². The minimum atomic E-state index is -0.464. The smallest absolute Gasteiger partial charge is 0.270 e. The van der Waals surface area contributed by atoms with Crippen molar-refractivity contribution in [2.75, 3.05) is 0 Å². The van der Waals surface area contributed by atoms with Gasteiger partial charge in [0.15, 0.2) is 5.88 Å². The maximum Gasteiger partial charge on any atom is 0.270 e. The number of aromatic nitrogens is 3. The number of imidazole rings is 1. The molecule has 2 heterocycles. The molecule has 0 aliphatic heterocycles. The summed E-state index contributed by atoms with van der Waals surface area (Å²) in [5, 5.41) is 22.8. The number of H-pyrrole nitrogens is 1. The molecule has 5 aromatic rings. The van der Waals surface area contributed by atoms with Crippen LogP contribution in [0.25, 0.3) is 22.3 Å². The summed E-state index contributed by atoms with van der Waals surface area (Å²) in [5.41, 5.74) is 10.5. The first-order chi connectivity index (χ1) is 17.0. The average molecular weight is 467 g/mol. The van der Waals surface area contributed by atoms with Gasteiger partial charge in [0.05, 0.1) is 21.9 Å². The maximum absolute atomic E-state index is 11.4. The molecule has 0 fully saturated rings. The van der Waals surface area contributed by atoms with Crippen LogP contribution in [0.5, 0.6) is 5.88 Å². The molecule has 3 aromatic carbocycles. The quantitative estimate of drug-likeness (QED) is 0.187. The predicted octanol–water partition coefficient (Wildman–Crippen LogP) is 4.81. The number of nitrogens with zero attached hydrogens (tertiary/aromatic N) is 4. The van der Waals surface area contributed by atoms with Crippen LogP contribution in [0.15, 0.2) is 84.1 Å². The molecular weight excluding hydrogens is 444 g/mol. The summed E-state index contributed by atoms with van der Waals surface area (Å²) < 4.78 is 1.93. The Balaban J connectivity index is 1.72. The maximum atomic E-state index is 11.4. The molecule has 0 atom stereocenters. The van der Waals surface area contributed by atoms with Gasteiger partial charge in [0.25, 0.3) is 5.69 Å². The van der Waals surface area contributed by atoms with Crippen molar-refractivity contribution in [2.45, 2.75) is 6.54 Å². The molecular formula is C26H22N6O3. The van der Waals surface area contributed by atoms with Gasteiger partial charge in [-0.25, -0.2) is 9.98 Å². The molecule has 4 N–H and O–H groups in total. The van der Waals surface area contributed by atoms with Crippen molar-refractivity contribution >= 4 is 28.0 Å². The molecule has 0 spiro atoms. The predicted molar refractivity (Wildman–Crippen MR) is 135 cm³/mol.